The average Bonchev–Trinajstić information content (AvgIpc) is 2.58. The molecule has 0 radical (unpaired) electrons. The van der Waals surface area contributed by atoms with Gasteiger partial charge in [-0.15, -0.1) is 11.3 Å². The van der Waals surface area contributed by atoms with Gasteiger partial charge >= 0.3 is 0 Å². The lowest BCUT2D eigenvalue weighted by molar-refractivity contribution is 0.311. The minimum atomic E-state index is -3.38. The van der Waals surface area contributed by atoms with E-state index >= 15 is 0 Å². The van der Waals surface area contributed by atoms with E-state index < -0.39 is 10.0 Å². The summed E-state index contributed by atoms with van der Waals surface area (Å²) >= 11 is 1.53. The van der Waals surface area contributed by atoms with Gasteiger partial charge in [0, 0.05) is 29.9 Å². The molecule has 110 valence electrons. The molecule has 0 saturated heterocycles. The van der Waals surface area contributed by atoms with Crippen molar-refractivity contribution in [2.24, 2.45) is 5.41 Å². The third kappa shape index (κ3) is 4.27. The lowest BCUT2D eigenvalue weighted by Gasteiger charge is -2.26. The van der Waals surface area contributed by atoms with E-state index in [0.717, 1.165) is 9.75 Å². The number of thiophene rings is 1. The van der Waals surface area contributed by atoms with Gasteiger partial charge in [0.1, 0.15) is 0 Å². The van der Waals surface area contributed by atoms with Gasteiger partial charge < -0.3 is 5.32 Å². The van der Waals surface area contributed by atoms with Gasteiger partial charge in [-0.05, 0) is 25.5 Å². The van der Waals surface area contributed by atoms with Crippen molar-refractivity contribution in [3.05, 3.63) is 15.8 Å². The summed E-state index contributed by atoms with van der Waals surface area (Å²) in [5, 5.41) is 3.05. The van der Waals surface area contributed by atoms with Gasteiger partial charge in [0.05, 0.1) is 4.90 Å². The van der Waals surface area contributed by atoms with E-state index in [1.807, 2.05) is 34.7 Å². The van der Waals surface area contributed by atoms with Gasteiger partial charge in [-0.2, -0.15) is 0 Å². The molecule has 1 rings (SSSR count). The Hall–Kier alpha value is -0.430. The molecule has 1 aromatic heterocycles. The predicted molar refractivity (Wildman–Crippen MR) is 81.1 cm³/mol. The highest BCUT2D eigenvalue weighted by molar-refractivity contribution is 7.89. The molecule has 0 aromatic carbocycles. The Bertz CT molecular complexity index is 527. The van der Waals surface area contributed by atoms with Gasteiger partial charge in [-0.3, -0.25) is 0 Å². The van der Waals surface area contributed by atoms with Crippen LogP contribution in [-0.2, 0) is 16.6 Å². The number of nitrogens with one attached hydrogen (secondary N) is 1. The molecule has 0 aliphatic rings. The second kappa shape index (κ2) is 5.91. The van der Waals surface area contributed by atoms with E-state index in [1.54, 1.807) is 13.1 Å². The van der Waals surface area contributed by atoms with Crippen LogP contribution in [0.5, 0.6) is 0 Å². The van der Waals surface area contributed by atoms with Crippen molar-refractivity contribution < 1.29 is 8.42 Å². The first-order valence-electron chi connectivity index (χ1n) is 6.28. The molecule has 0 aliphatic carbocycles. The Morgan fingerprint density at radius 2 is 1.95 bits per heavy atom. The molecule has 0 spiro atoms. The molecule has 1 heterocycles. The number of hydrogen-bond acceptors (Lipinski definition) is 4. The van der Waals surface area contributed by atoms with Crippen LogP contribution in [0.2, 0.25) is 0 Å². The van der Waals surface area contributed by atoms with Crippen molar-refractivity contribution in [3.8, 4) is 0 Å². The third-order valence-corrected chi connectivity index (χ3v) is 5.77. The average molecular weight is 304 g/mol. The fraction of sp³-hybridized carbons (Fsp3) is 0.692. The Labute approximate surface area is 120 Å². The fourth-order valence-electron chi connectivity index (χ4n) is 1.96. The smallest absolute Gasteiger partial charge is 0.243 e. The van der Waals surface area contributed by atoms with E-state index in [1.165, 1.54) is 15.6 Å². The molecule has 0 fully saturated rings. The number of nitrogens with zero attached hydrogens (tertiary/aromatic N) is 1. The largest absolute Gasteiger partial charge is 0.315 e. The van der Waals surface area contributed by atoms with Gasteiger partial charge in [-0.1, -0.05) is 20.8 Å². The number of sulfonamides is 1. The molecule has 0 unspecified atom stereocenters. The minimum absolute atomic E-state index is 0.0560. The van der Waals surface area contributed by atoms with E-state index in [9.17, 15) is 8.42 Å². The molecule has 4 nitrogen and oxygen atoms in total. The Balaban J connectivity index is 3.06. The van der Waals surface area contributed by atoms with Crippen LogP contribution in [-0.4, -0.2) is 33.4 Å². The van der Waals surface area contributed by atoms with Gasteiger partial charge in [0.25, 0.3) is 0 Å². The summed E-state index contributed by atoms with van der Waals surface area (Å²) in [6.07, 6.45) is 0. The van der Waals surface area contributed by atoms with Crippen LogP contribution in [0.25, 0.3) is 0 Å². The zero-order chi connectivity index (χ0) is 14.8. The van der Waals surface area contributed by atoms with Crippen LogP contribution in [0.4, 0.5) is 0 Å². The Morgan fingerprint density at radius 3 is 2.42 bits per heavy atom. The molecule has 6 heteroatoms. The fourth-order valence-corrected chi connectivity index (χ4v) is 4.97. The first kappa shape index (κ1) is 16.6. The van der Waals surface area contributed by atoms with Crippen LogP contribution in [0.3, 0.4) is 0 Å². The Morgan fingerprint density at radius 1 is 1.37 bits per heavy atom. The summed E-state index contributed by atoms with van der Waals surface area (Å²) < 4.78 is 26.6. The molecule has 19 heavy (non-hydrogen) atoms. The normalized spacial score (nSPS) is 13.2. The monoisotopic (exact) mass is 304 g/mol. The van der Waals surface area contributed by atoms with Crippen molar-refractivity contribution in [1.82, 2.24) is 9.62 Å². The number of rotatable bonds is 5. The topological polar surface area (TPSA) is 49.4 Å². The predicted octanol–water partition coefficient (Wildman–Crippen LogP) is 2.44. The third-order valence-electron chi connectivity index (χ3n) is 2.66. The maximum absolute atomic E-state index is 12.6. The minimum Gasteiger partial charge on any atom is -0.315 e. The highest BCUT2D eigenvalue weighted by Gasteiger charge is 2.27. The van der Waals surface area contributed by atoms with Crippen LogP contribution in [0.1, 0.15) is 30.5 Å². The number of hydrogen-bond donors (Lipinski definition) is 1. The molecular weight excluding hydrogens is 280 g/mol. The highest BCUT2D eigenvalue weighted by atomic mass is 32.2. The van der Waals surface area contributed by atoms with E-state index in [2.05, 4.69) is 5.32 Å². The van der Waals surface area contributed by atoms with Gasteiger partial charge in [-0.25, -0.2) is 12.7 Å². The van der Waals surface area contributed by atoms with Crippen molar-refractivity contribution >= 4 is 21.4 Å². The standard InChI is InChI=1S/C13H24N2O2S2/c1-10-12(7-11(18-10)8-14-5)19(16,17)15(6)9-13(2,3)4/h7,14H,8-9H2,1-6H3. The molecule has 1 aromatic rings. The quantitative estimate of drug-likeness (QED) is 0.909. The summed E-state index contributed by atoms with van der Waals surface area (Å²) in [6.45, 7) is 9.17. The summed E-state index contributed by atoms with van der Waals surface area (Å²) in [5.74, 6) is 0. The molecule has 1 N–H and O–H groups in total. The van der Waals surface area contributed by atoms with E-state index in [0.29, 0.717) is 18.0 Å². The zero-order valence-corrected chi connectivity index (χ0v) is 14.2. The number of aryl methyl sites for hydroxylation is 1. The van der Waals surface area contributed by atoms with Gasteiger partial charge in [0.2, 0.25) is 10.0 Å². The zero-order valence-electron chi connectivity index (χ0n) is 12.6. The van der Waals surface area contributed by atoms with Crippen LogP contribution >= 0.6 is 11.3 Å². The van der Waals surface area contributed by atoms with Crippen molar-refractivity contribution in [2.75, 3.05) is 20.6 Å². The van der Waals surface area contributed by atoms with Crippen LogP contribution < -0.4 is 5.32 Å². The lowest BCUT2D eigenvalue weighted by Crippen LogP contribution is -2.34. The van der Waals surface area contributed by atoms with Crippen molar-refractivity contribution in [2.45, 2.75) is 39.1 Å². The van der Waals surface area contributed by atoms with Crippen molar-refractivity contribution in [1.29, 1.82) is 0 Å². The summed E-state index contributed by atoms with van der Waals surface area (Å²) in [6, 6.07) is 1.78. The maximum atomic E-state index is 12.6. The van der Waals surface area contributed by atoms with E-state index in [4.69, 9.17) is 0 Å². The molecule has 0 bridgehead atoms. The summed E-state index contributed by atoms with van der Waals surface area (Å²) in [7, 11) is 0.120. The second-order valence-electron chi connectivity index (χ2n) is 5.99. The van der Waals surface area contributed by atoms with E-state index in [-0.39, 0.29) is 5.41 Å². The molecule has 0 atom stereocenters. The Kier molecular flexibility index (Phi) is 5.17. The van der Waals surface area contributed by atoms with Crippen LogP contribution in [0.15, 0.2) is 11.0 Å². The highest BCUT2D eigenvalue weighted by Crippen LogP contribution is 2.29. The second-order valence-corrected chi connectivity index (χ2v) is 9.34. The SMILES string of the molecule is CNCc1cc(S(=O)(=O)N(C)CC(C)(C)C)c(C)s1. The first-order valence-corrected chi connectivity index (χ1v) is 8.54. The van der Waals surface area contributed by atoms with Crippen LogP contribution in [0, 0.1) is 12.3 Å². The van der Waals surface area contributed by atoms with Crippen molar-refractivity contribution in [3.63, 3.8) is 0 Å². The molecule has 0 saturated carbocycles. The first-order chi connectivity index (χ1) is 8.58. The summed E-state index contributed by atoms with van der Waals surface area (Å²) in [4.78, 5) is 2.34. The lowest BCUT2D eigenvalue weighted by atomic mass is 9.97. The molecular formula is C13H24N2O2S2. The van der Waals surface area contributed by atoms with Gasteiger partial charge in [0.15, 0.2) is 0 Å². The molecule has 0 amide bonds. The summed E-state index contributed by atoms with van der Waals surface area (Å²) in [5.41, 5.74) is -0.0560. The molecule has 0 aliphatic heterocycles. The maximum Gasteiger partial charge on any atom is 0.243 e.